The van der Waals surface area contributed by atoms with Crippen LogP contribution < -0.4 is 0 Å². The second kappa shape index (κ2) is 3.95. The van der Waals surface area contributed by atoms with Crippen molar-refractivity contribution in [2.24, 2.45) is 0 Å². The van der Waals surface area contributed by atoms with Gasteiger partial charge in [0.25, 0.3) is 0 Å². The summed E-state index contributed by atoms with van der Waals surface area (Å²) in [5.74, 6) is 0. The van der Waals surface area contributed by atoms with E-state index in [-0.39, 0.29) is 20.0 Å². The average Bonchev–Trinajstić information content (AvgIpc) is 2.14. The molecule has 1 aromatic rings. The first-order valence-electron chi connectivity index (χ1n) is 3.17. The third-order valence-electron chi connectivity index (χ3n) is 1.40. The second-order valence-electron chi connectivity index (χ2n) is 2.24. The van der Waals surface area contributed by atoms with Gasteiger partial charge >= 0.3 is 10.0 Å². The molecule has 0 saturated heterocycles. The molecule has 1 aromatic carbocycles. The van der Waals surface area contributed by atoms with Crippen molar-refractivity contribution < 1.29 is 8.42 Å². The highest BCUT2D eigenvalue weighted by Crippen LogP contribution is 2.35. The van der Waals surface area contributed by atoms with E-state index < -0.39 is 10.0 Å². The van der Waals surface area contributed by atoms with Gasteiger partial charge in [-0.05, 0) is 12.1 Å². The van der Waals surface area contributed by atoms with Gasteiger partial charge in [0.15, 0.2) is 4.90 Å². The number of sulfonamides is 1. The van der Waals surface area contributed by atoms with Crippen LogP contribution in [0.4, 0.5) is 0 Å². The summed E-state index contributed by atoms with van der Waals surface area (Å²) in [5, 5.41) is -0.158. The minimum absolute atomic E-state index is 0.0712. The average molecular weight is 271 g/mol. The number of halogens is 3. The van der Waals surface area contributed by atoms with Crippen LogP contribution in [0.1, 0.15) is 0 Å². The lowest BCUT2D eigenvalue weighted by molar-refractivity contribution is 0.604. The van der Waals surface area contributed by atoms with Crippen molar-refractivity contribution in [3.8, 4) is 0 Å². The summed E-state index contributed by atoms with van der Waals surface area (Å²) in [6.07, 6.45) is 0. The summed E-state index contributed by atoms with van der Waals surface area (Å²) < 4.78 is 24.7. The SMILES string of the molecule is [C-]#[N+]S(=O)(=O)c1ccc(Cl)c(Cl)c1Cl. The first kappa shape index (κ1) is 11.6. The Morgan fingerprint density at radius 3 is 2.21 bits per heavy atom. The van der Waals surface area contributed by atoms with Crippen LogP contribution in [0.3, 0.4) is 0 Å². The number of rotatable bonds is 1. The van der Waals surface area contributed by atoms with E-state index >= 15 is 0 Å². The van der Waals surface area contributed by atoms with Crippen molar-refractivity contribution in [1.29, 1.82) is 0 Å². The minimum atomic E-state index is -4.05. The summed E-state index contributed by atoms with van der Waals surface area (Å²) in [6, 6.07) is 2.41. The van der Waals surface area contributed by atoms with E-state index in [2.05, 4.69) is 4.25 Å². The quantitative estimate of drug-likeness (QED) is 0.580. The molecule has 0 bridgehead atoms. The van der Waals surface area contributed by atoms with Crippen molar-refractivity contribution in [2.45, 2.75) is 4.90 Å². The Bertz CT molecular complexity index is 518. The van der Waals surface area contributed by atoms with E-state index in [1.54, 1.807) is 0 Å². The molecule has 0 aliphatic carbocycles. The number of benzene rings is 1. The molecular formula is C7H2Cl3NO2S. The lowest BCUT2D eigenvalue weighted by Gasteiger charge is -2.00. The predicted octanol–water partition coefficient (Wildman–Crippen LogP) is 3.25. The first-order chi connectivity index (χ1) is 6.40. The maximum atomic E-state index is 11.1. The van der Waals surface area contributed by atoms with Crippen LogP contribution in [0.15, 0.2) is 17.0 Å². The molecule has 1 rings (SSSR count). The predicted molar refractivity (Wildman–Crippen MR) is 55.3 cm³/mol. The molecule has 0 saturated carbocycles. The minimum Gasteiger partial charge on any atom is -0.206 e. The molecule has 7 heteroatoms. The van der Waals surface area contributed by atoms with Crippen molar-refractivity contribution >= 4 is 44.8 Å². The van der Waals surface area contributed by atoms with Crippen molar-refractivity contribution in [3.63, 3.8) is 0 Å². The fraction of sp³-hybridized carbons (Fsp3) is 0. The molecule has 0 amide bonds. The van der Waals surface area contributed by atoms with Crippen LogP contribution in [0, 0.1) is 6.57 Å². The lowest BCUT2D eigenvalue weighted by atomic mass is 10.4. The zero-order valence-electron chi connectivity index (χ0n) is 6.46. The Kier molecular flexibility index (Phi) is 3.28. The molecule has 14 heavy (non-hydrogen) atoms. The molecule has 0 aliphatic rings. The largest absolute Gasteiger partial charge is 0.470 e. The van der Waals surface area contributed by atoms with Gasteiger partial charge in [-0.3, -0.25) is 0 Å². The Hall–Kier alpha value is -0.470. The highest BCUT2D eigenvalue weighted by Gasteiger charge is 2.25. The molecule has 74 valence electrons. The van der Waals surface area contributed by atoms with Gasteiger partial charge < -0.3 is 0 Å². The molecule has 0 fully saturated rings. The van der Waals surface area contributed by atoms with Crippen LogP contribution in [-0.4, -0.2) is 8.42 Å². The molecule has 0 unspecified atom stereocenters. The third-order valence-corrected chi connectivity index (χ3v) is 3.94. The summed E-state index contributed by atoms with van der Waals surface area (Å²) in [7, 11) is -4.05. The van der Waals surface area contributed by atoms with Gasteiger partial charge in [0.1, 0.15) is 0 Å². The number of nitrogens with zero attached hydrogens (tertiary/aromatic N) is 1. The van der Waals surface area contributed by atoms with E-state index in [9.17, 15) is 8.42 Å². The molecule has 0 N–H and O–H groups in total. The smallest absolute Gasteiger partial charge is 0.206 e. The van der Waals surface area contributed by atoms with Crippen LogP contribution >= 0.6 is 34.8 Å². The van der Waals surface area contributed by atoms with E-state index in [4.69, 9.17) is 41.4 Å². The molecule has 0 atom stereocenters. The summed E-state index contributed by atoms with van der Waals surface area (Å²) in [4.78, 5) is -0.330. The van der Waals surface area contributed by atoms with Crippen molar-refractivity contribution in [3.05, 3.63) is 38.0 Å². The fourth-order valence-corrected chi connectivity index (χ4v) is 2.31. The zero-order chi connectivity index (χ0) is 10.9. The van der Waals surface area contributed by atoms with Gasteiger partial charge in [-0.15, -0.1) is 8.42 Å². The highest BCUT2D eigenvalue weighted by atomic mass is 35.5. The maximum absolute atomic E-state index is 11.1. The van der Waals surface area contributed by atoms with Gasteiger partial charge in [-0.1, -0.05) is 34.8 Å². The topological polar surface area (TPSA) is 38.5 Å². The lowest BCUT2D eigenvalue weighted by Crippen LogP contribution is -1.95. The number of hydrogen-bond donors (Lipinski definition) is 0. The summed E-state index contributed by atoms with van der Waals surface area (Å²) in [5.41, 5.74) is 0. The van der Waals surface area contributed by atoms with E-state index in [0.717, 1.165) is 6.07 Å². The van der Waals surface area contributed by atoms with Gasteiger partial charge in [-0.25, -0.2) is 6.57 Å². The van der Waals surface area contributed by atoms with Gasteiger partial charge in [0.2, 0.25) is 0 Å². The van der Waals surface area contributed by atoms with Gasteiger partial charge in [0.05, 0.1) is 15.1 Å². The van der Waals surface area contributed by atoms with E-state index in [1.165, 1.54) is 6.07 Å². The van der Waals surface area contributed by atoms with E-state index in [1.807, 2.05) is 0 Å². The Morgan fingerprint density at radius 2 is 1.71 bits per heavy atom. The molecule has 3 nitrogen and oxygen atoms in total. The monoisotopic (exact) mass is 269 g/mol. The highest BCUT2D eigenvalue weighted by molar-refractivity contribution is 7.93. The molecule has 0 spiro atoms. The second-order valence-corrected chi connectivity index (χ2v) is 4.98. The van der Waals surface area contributed by atoms with Crippen LogP contribution in [0.5, 0.6) is 0 Å². The standard InChI is InChI=1S/C7H2Cl3NO2S/c1-11-14(12,13)5-3-2-4(8)6(9)7(5)10/h2-3H. The van der Waals surface area contributed by atoms with Crippen LogP contribution in [0.2, 0.25) is 15.1 Å². The molecule has 0 heterocycles. The fourth-order valence-electron chi connectivity index (χ4n) is 0.757. The van der Waals surface area contributed by atoms with Crippen molar-refractivity contribution in [1.82, 2.24) is 0 Å². The molecule has 0 aromatic heterocycles. The van der Waals surface area contributed by atoms with Crippen LogP contribution in [-0.2, 0) is 10.0 Å². The summed E-state index contributed by atoms with van der Waals surface area (Å²) >= 11 is 16.8. The van der Waals surface area contributed by atoms with Gasteiger partial charge in [-0.2, -0.15) is 4.25 Å². The van der Waals surface area contributed by atoms with Gasteiger partial charge in [0, 0.05) is 0 Å². The number of hydrogen-bond acceptors (Lipinski definition) is 2. The maximum Gasteiger partial charge on any atom is 0.470 e. The molecule has 0 aliphatic heterocycles. The van der Waals surface area contributed by atoms with E-state index in [0.29, 0.717) is 0 Å². The Morgan fingerprint density at radius 1 is 1.14 bits per heavy atom. The summed E-state index contributed by atoms with van der Waals surface area (Å²) in [6.45, 7) is 6.47. The molecular weight excluding hydrogens is 269 g/mol. The van der Waals surface area contributed by atoms with Crippen molar-refractivity contribution in [2.75, 3.05) is 0 Å². The molecule has 0 radical (unpaired) electrons. The zero-order valence-corrected chi connectivity index (χ0v) is 9.54. The first-order valence-corrected chi connectivity index (χ1v) is 5.75. The normalized spacial score (nSPS) is 11.0. The third kappa shape index (κ3) is 1.96. The Labute approximate surface area is 96.1 Å². The Balaban J connectivity index is 3.57. The van der Waals surface area contributed by atoms with Crippen LogP contribution in [0.25, 0.3) is 4.25 Å².